The Hall–Kier alpha value is -6.56. The van der Waals surface area contributed by atoms with E-state index in [4.69, 9.17) is 14.4 Å². The molecule has 0 amide bonds. The molecule has 244 valence electrons. The Bertz CT molecular complexity index is 3130. The molecule has 1 aliphatic rings. The third-order valence-corrected chi connectivity index (χ3v) is 11.5. The van der Waals surface area contributed by atoms with Crippen LogP contribution in [-0.2, 0) is 0 Å². The normalized spacial score (nSPS) is 14.7. The highest BCUT2D eigenvalue weighted by Gasteiger charge is 2.23. The fraction of sp³-hybridized carbons (Fsp3) is 0.0213. The molecule has 0 saturated carbocycles. The average molecular weight is 684 g/mol. The van der Waals surface area contributed by atoms with Gasteiger partial charge in [-0.2, -0.15) is 0 Å². The third-order valence-electron chi connectivity index (χ3n) is 10.3. The van der Waals surface area contributed by atoms with Crippen molar-refractivity contribution in [3.8, 4) is 11.1 Å². The number of amidine groups is 2. The van der Waals surface area contributed by atoms with Crippen molar-refractivity contribution >= 4 is 86.7 Å². The predicted molar refractivity (Wildman–Crippen MR) is 219 cm³/mol. The highest BCUT2D eigenvalue weighted by atomic mass is 32.1. The maximum Gasteiger partial charge on any atom is 0.169 e. The van der Waals surface area contributed by atoms with Gasteiger partial charge >= 0.3 is 0 Å². The summed E-state index contributed by atoms with van der Waals surface area (Å²) in [6, 6.07) is 58.1. The Labute approximate surface area is 303 Å². The molecule has 11 rings (SSSR count). The smallest absolute Gasteiger partial charge is 0.169 e. The van der Waals surface area contributed by atoms with E-state index in [1.165, 1.54) is 36.3 Å². The second-order valence-electron chi connectivity index (χ2n) is 13.4. The zero-order valence-electron chi connectivity index (χ0n) is 27.9. The Balaban J connectivity index is 1.07. The van der Waals surface area contributed by atoms with Crippen LogP contribution in [0.4, 0.5) is 0 Å². The van der Waals surface area contributed by atoms with Crippen LogP contribution in [0.1, 0.15) is 22.9 Å². The molecule has 1 N–H and O–H groups in total. The Morgan fingerprint density at radius 2 is 1.15 bits per heavy atom. The third kappa shape index (κ3) is 4.67. The molecule has 0 bridgehead atoms. The molecule has 1 unspecified atom stereocenters. The average Bonchev–Trinajstić information content (AvgIpc) is 3.79. The van der Waals surface area contributed by atoms with Crippen molar-refractivity contribution in [2.75, 3.05) is 0 Å². The van der Waals surface area contributed by atoms with Gasteiger partial charge in [0.1, 0.15) is 22.8 Å². The molecular formula is C47H29N3OS. The van der Waals surface area contributed by atoms with Crippen LogP contribution < -0.4 is 5.32 Å². The van der Waals surface area contributed by atoms with E-state index in [1.807, 2.05) is 23.5 Å². The van der Waals surface area contributed by atoms with Crippen LogP contribution in [0.3, 0.4) is 0 Å². The van der Waals surface area contributed by atoms with Crippen molar-refractivity contribution in [3.63, 3.8) is 0 Å². The lowest BCUT2D eigenvalue weighted by atomic mass is 9.96. The predicted octanol–water partition coefficient (Wildman–Crippen LogP) is 12.4. The number of fused-ring (bicyclic) bond motifs is 8. The van der Waals surface area contributed by atoms with Crippen LogP contribution >= 0.6 is 11.3 Å². The summed E-state index contributed by atoms with van der Waals surface area (Å²) in [5.74, 6) is 1.64. The zero-order chi connectivity index (χ0) is 34.2. The van der Waals surface area contributed by atoms with Gasteiger partial charge in [0.2, 0.25) is 0 Å². The number of thiophene rings is 1. The van der Waals surface area contributed by atoms with Crippen molar-refractivity contribution < 1.29 is 4.42 Å². The minimum Gasteiger partial charge on any atom is -0.456 e. The Morgan fingerprint density at radius 1 is 0.481 bits per heavy atom. The van der Waals surface area contributed by atoms with E-state index in [2.05, 4.69) is 157 Å². The summed E-state index contributed by atoms with van der Waals surface area (Å²) in [4.78, 5) is 10.6. The molecule has 8 aromatic carbocycles. The number of hydrogen-bond donors (Lipinski definition) is 1. The van der Waals surface area contributed by atoms with E-state index in [-0.39, 0.29) is 0 Å². The van der Waals surface area contributed by atoms with Gasteiger partial charge in [-0.3, -0.25) is 0 Å². The summed E-state index contributed by atoms with van der Waals surface area (Å²) >= 11 is 1.81. The molecule has 1 aliphatic heterocycles. The highest BCUT2D eigenvalue weighted by molar-refractivity contribution is 7.26. The van der Waals surface area contributed by atoms with Crippen LogP contribution in [0.5, 0.6) is 0 Å². The standard InChI is InChI=1S/C47H29N3OS/c1-2-10-30-25-32(23-20-28(30)9-1)45-48-46(50-47(49-45)39-15-7-14-37-36-11-4-6-18-42(36)52-44(37)39)33-24-21-29-19-22-31(26-34(29)27-33)35-13-8-17-41-43(35)38-12-3-5-16-40(38)51-41/h1-27,46H,(H,48,49,50). The summed E-state index contributed by atoms with van der Waals surface area (Å²) in [6.45, 7) is 0. The van der Waals surface area contributed by atoms with E-state index in [9.17, 15) is 0 Å². The van der Waals surface area contributed by atoms with Crippen LogP contribution in [0.25, 0.3) is 74.8 Å². The molecule has 10 aromatic rings. The zero-order valence-corrected chi connectivity index (χ0v) is 28.7. The van der Waals surface area contributed by atoms with Gasteiger partial charge in [0.15, 0.2) is 6.17 Å². The molecule has 1 atom stereocenters. The van der Waals surface area contributed by atoms with Gasteiger partial charge in [0, 0.05) is 42.1 Å². The summed E-state index contributed by atoms with van der Waals surface area (Å²) in [6.07, 6.45) is -0.434. The second kappa shape index (κ2) is 11.5. The van der Waals surface area contributed by atoms with Crippen LogP contribution in [0.15, 0.2) is 178 Å². The lowest BCUT2D eigenvalue weighted by Gasteiger charge is -2.23. The van der Waals surface area contributed by atoms with Gasteiger partial charge in [-0.15, -0.1) is 11.3 Å². The van der Waals surface area contributed by atoms with Crippen molar-refractivity contribution in [3.05, 3.63) is 180 Å². The Morgan fingerprint density at radius 3 is 2.10 bits per heavy atom. The van der Waals surface area contributed by atoms with Crippen molar-refractivity contribution in [1.82, 2.24) is 5.32 Å². The summed E-state index contributed by atoms with van der Waals surface area (Å²) in [7, 11) is 0. The summed E-state index contributed by atoms with van der Waals surface area (Å²) in [5, 5.41) is 13.2. The number of furan rings is 1. The van der Waals surface area contributed by atoms with Gasteiger partial charge in [0.05, 0.1) is 0 Å². The molecule has 52 heavy (non-hydrogen) atoms. The van der Waals surface area contributed by atoms with Crippen molar-refractivity contribution in [2.45, 2.75) is 6.17 Å². The van der Waals surface area contributed by atoms with Crippen molar-refractivity contribution in [2.24, 2.45) is 9.98 Å². The van der Waals surface area contributed by atoms with E-state index >= 15 is 0 Å². The number of benzene rings is 8. The fourth-order valence-electron chi connectivity index (χ4n) is 7.76. The molecule has 0 radical (unpaired) electrons. The summed E-state index contributed by atoms with van der Waals surface area (Å²) in [5.41, 5.74) is 7.26. The molecule has 0 saturated heterocycles. The monoisotopic (exact) mass is 683 g/mol. The number of rotatable bonds is 4. The minimum atomic E-state index is -0.434. The molecule has 3 heterocycles. The SMILES string of the molecule is c1ccc2cc(C3=NC(c4ccc5ccc(-c6cccc7oc8ccccc8c67)cc5c4)N=C(c4cccc5c4sc4ccccc45)N3)ccc2c1. The molecule has 4 nitrogen and oxygen atoms in total. The topological polar surface area (TPSA) is 49.9 Å². The van der Waals surface area contributed by atoms with Crippen molar-refractivity contribution in [1.29, 1.82) is 0 Å². The van der Waals surface area contributed by atoms with Crippen LogP contribution in [0.2, 0.25) is 0 Å². The second-order valence-corrected chi connectivity index (χ2v) is 14.4. The van der Waals surface area contributed by atoms with Gasteiger partial charge in [-0.25, -0.2) is 9.98 Å². The first kappa shape index (κ1) is 29.2. The maximum absolute atomic E-state index is 6.23. The molecule has 0 spiro atoms. The van der Waals surface area contributed by atoms with Gasteiger partial charge in [-0.05, 0) is 80.7 Å². The Kier molecular flexibility index (Phi) is 6.45. The first-order chi connectivity index (χ1) is 25.7. The number of aliphatic imine (C=N–C) groups is 2. The van der Waals surface area contributed by atoms with Gasteiger partial charge in [-0.1, -0.05) is 121 Å². The lowest BCUT2D eigenvalue weighted by Crippen LogP contribution is -2.36. The van der Waals surface area contributed by atoms with E-state index in [1.54, 1.807) is 0 Å². The van der Waals surface area contributed by atoms with Gasteiger partial charge in [0.25, 0.3) is 0 Å². The first-order valence-electron chi connectivity index (χ1n) is 17.5. The van der Waals surface area contributed by atoms with E-state index < -0.39 is 6.17 Å². The highest BCUT2D eigenvalue weighted by Crippen LogP contribution is 2.39. The molecular weight excluding hydrogens is 655 g/mol. The summed E-state index contributed by atoms with van der Waals surface area (Å²) < 4.78 is 8.72. The van der Waals surface area contributed by atoms with E-state index in [0.717, 1.165) is 66.8 Å². The number of nitrogens with one attached hydrogen (secondary N) is 1. The molecule has 2 aromatic heterocycles. The van der Waals surface area contributed by atoms with Gasteiger partial charge < -0.3 is 9.73 Å². The molecule has 5 heteroatoms. The first-order valence-corrected chi connectivity index (χ1v) is 18.3. The largest absolute Gasteiger partial charge is 0.456 e. The fourth-order valence-corrected chi connectivity index (χ4v) is 8.98. The molecule has 0 aliphatic carbocycles. The number of para-hydroxylation sites is 1. The number of nitrogens with zero attached hydrogens (tertiary/aromatic N) is 2. The quantitative estimate of drug-likeness (QED) is 0.201. The van der Waals surface area contributed by atoms with E-state index in [0.29, 0.717) is 0 Å². The maximum atomic E-state index is 6.23. The number of hydrogen-bond acceptors (Lipinski definition) is 5. The lowest BCUT2D eigenvalue weighted by molar-refractivity contribution is 0.669. The van der Waals surface area contributed by atoms with Crippen LogP contribution in [0, 0.1) is 0 Å². The molecule has 0 fully saturated rings. The van der Waals surface area contributed by atoms with Crippen LogP contribution in [-0.4, -0.2) is 11.7 Å². The minimum absolute atomic E-state index is 0.434.